The van der Waals surface area contributed by atoms with Gasteiger partial charge in [-0.2, -0.15) is 0 Å². The molecule has 0 aliphatic heterocycles. The maximum Gasteiger partial charge on any atom is 0.211 e. The predicted molar refractivity (Wildman–Crippen MR) is 27.5 cm³/mol. The van der Waals surface area contributed by atoms with Crippen molar-refractivity contribution in [2.75, 3.05) is 0 Å². The highest BCUT2D eigenvalue weighted by atomic mass is 16.1. The van der Waals surface area contributed by atoms with E-state index >= 15 is 0 Å². The summed E-state index contributed by atoms with van der Waals surface area (Å²) in [6, 6.07) is 0. The molecule has 0 rings (SSSR count). The van der Waals surface area contributed by atoms with Crippen LogP contribution in [0.5, 0.6) is 0 Å². The van der Waals surface area contributed by atoms with Gasteiger partial charge < -0.3 is 11.1 Å². The van der Waals surface area contributed by atoms with Gasteiger partial charge in [-0.3, -0.25) is 9.59 Å². The van der Waals surface area contributed by atoms with Gasteiger partial charge in [-0.25, -0.2) is 0 Å². The second kappa shape index (κ2) is 3.86. The second-order valence-corrected chi connectivity index (χ2v) is 1.00. The number of carbonyl (C=O) groups is 2. The summed E-state index contributed by atoms with van der Waals surface area (Å²) in [5, 5.41) is 2.07. The molecule has 0 atom stereocenters. The molecule has 8 heavy (non-hydrogen) atoms. The van der Waals surface area contributed by atoms with Crippen molar-refractivity contribution >= 4 is 12.7 Å². The Kier molecular flexibility index (Phi) is 3.22. The number of aldehydes is 1. The Balaban J connectivity index is 3.71. The van der Waals surface area contributed by atoms with E-state index in [0.717, 1.165) is 6.20 Å². The number of hydrogen-bond acceptors (Lipinski definition) is 3. The van der Waals surface area contributed by atoms with Crippen molar-refractivity contribution in [2.24, 2.45) is 5.73 Å². The fourth-order valence-electron chi connectivity index (χ4n) is 0.189. The molecule has 0 aliphatic carbocycles. The molecule has 0 aromatic heterocycles. The zero-order valence-corrected chi connectivity index (χ0v) is 4.13. The molecule has 0 fully saturated rings. The summed E-state index contributed by atoms with van der Waals surface area (Å²) < 4.78 is 0. The monoisotopic (exact) mass is 114 g/mol. The van der Waals surface area contributed by atoms with Crippen LogP contribution in [-0.4, -0.2) is 12.7 Å². The number of nitrogens with two attached hydrogens (primary N) is 1. The lowest BCUT2D eigenvalue weighted by Gasteiger charge is -1.88. The van der Waals surface area contributed by atoms with Gasteiger partial charge in [-0.05, 0) is 0 Å². The van der Waals surface area contributed by atoms with Crippen LogP contribution in [0.4, 0.5) is 0 Å². The highest BCUT2D eigenvalue weighted by Gasteiger charge is 1.85. The molecule has 0 aliphatic rings. The van der Waals surface area contributed by atoms with Crippen LogP contribution in [0.3, 0.4) is 0 Å². The van der Waals surface area contributed by atoms with Crippen molar-refractivity contribution in [2.45, 2.75) is 0 Å². The van der Waals surface area contributed by atoms with Gasteiger partial charge >= 0.3 is 0 Å². The molecule has 0 saturated carbocycles. The zero-order chi connectivity index (χ0) is 6.41. The van der Waals surface area contributed by atoms with E-state index < -0.39 is 0 Å². The van der Waals surface area contributed by atoms with Crippen LogP contribution in [0.2, 0.25) is 0 Å². The van der Waals surface area contributed by atoms with E-state index in [1.165, 1.54) is 0 Å². The lowest BCUT2D eigenvalue weighted by Crippen LogP contribution is -2.12. The maximum absolute atomic E-state index is 9.76. The molecule has 0 aromatic carbocycles. The third-order valence-electron chi connectivity index (χ3n) is 0.532. The van der Waals surface area contributed by atoms with Gasteiger partial charge in [0, 0.05) is 6.20 Å². The van der Waals surface area contributed by atoms with Gasteiger partial charge in [0.25, 0.3) is 0 Å². The third kappa shape index (κ3) is 1.96. The van der Waals surface area contributed by atoms with E-state index in [2.05, 4.69) is 5.32 Å². The van der Waals surface area contributed by atoms with Gasteiger partial charge in [0.05, 0.1) is 5.70 Å². The predicted octanol–water partition coefficient (Wildman–Crippen LogP) is -1.27. The topological polar surface area (TPSA) is 72.2 Å². The van der Waals surface area contributed by atoms with Gasteiger partial charge in [-0.1, -0.05) is 0 Å². The van der Waals surface area contributed by atoms with E-state index in [1.54, 1.807) is 0 Å². The van der Waals surface area contributed by atoms with E-state index in [4.69, 9.17) is 5.73 Å². The smallest absolute Gasteiger partial charge is 0.211 e. The van der Waals surface area contributed by atoms with Crippen molar-refractivity contribution in [3.05, 3.63) is 11.9 Å². The first-order chi connectivity index (χ1) is 3.85. The van der Waals surface area contributed by atoms with Crippen LogP contribution in [0.1, 0.15) is 0 Å². The molecule has 0 heterocycles. The van der Waals surface area contributed by atoms with Crippen molar-refractivity contribution in [1.82, 2.24) is 5.32 Å². The summed E-state index contributed by atoms with van der Waals surface area (Å²) >= 11 is 0. The van der Waals surface area contributed by atoms with E-state index in [9.17, 15) is 9.59 Å². The molecule has 0 bridgehead atoms. The Morgan fingerprint density at radius 3 is 2.25 bits per heavy atom. The average molecular weight is 114 g/mol. The Morgan fingerprint density at radius 2 is 2.12 bits per heavy atom. The normalized spacial score (nSPS) is 10.2. The first-order valence-electron chi connectivity index (χ1n) is 1.92. The number of amides is 1. The van der Waals surface area contributed by atoms with E-state index in [-0.39, 0.29) is 5.70 Å². The number of carbonyl (C=O) groups excluding carboxylic acids is 2. The number of rotatable bonds is 3. The van der Waals surface area contributed by atoms with Gasteiger partial charge in [0.1, 0.15) is 0 Å². The summed E-state index contributed by atoms with van der Waals surface area (Å²) in [6.45, 7) is 0. The van der Waals surface area contributed by atoms with E-state index in [0.29, 0.717) is 12.7 Å². The molecule has 4 heteroatoms. The molecule has 44 valence electrons. The number of hydrogen-bond donors (Lipinski definition) is 2. The number of allylic oxidation sites excluding steroid dienone is 1. The summed E-state index contributed by atoms with van der Waals surface area (Å²) in [6.07, 6.45) is 1.85. The fraction of sp³-hybridized carbons (Fsp3) is 0. The summed E-state index contributed by atoms with van der Waals surface area (Å²) in [5.41, 5.74) is 4.92. The fourth-order valence-corrected chi connectivity index (χ4v) is 0.189. The molecule has 4 nitrogen and oxygen atoms in total. The quantitative estimate of drug-likeness (QED) is 0.355. The van der Waals surface area contributed by atoms with Crippen LogP contribution in [-0.2, 0) is 9.59 Å². The van der Waals surface area contributed by atoms with Crippen LogP contribution < -0.4 is 11.1 Å². The molecule has 1 amide bonds. The molecule has 0 spiro atoms. The lowest BCUT2D eigenvalue weighted by molar-refractivity contribution is -0.111. The Morgan fingerprint density at radius 1 is 1.50 bits per heavy atom. The minimum atomic E-state index is 0.0694. The van der Waals surface area contributed by atoms with Crippen LogP contribution in [0, 0.1) is 0 Å². The van der Waals surface area contributed by atoms with Crippen molar-refractivity contribution in [3.63, 3.8) is 0 Å². The SMILES string of the molecule is N/C=C(\C=O)NC=O. The van der Waals surface area contributed by atoms with Crippen LogP contribution in [0.25, 0.3) is 0 Å². The van der Waals surface area contributed by atoms with Gasteiger partial charge in [0.2, 0.25) is 6.41 Å². The Bertz CT molecular complexity index is 119. The summed E-state index contributed by atoms with van der Waals surface area (Å²) in [4.78, 5) is 19.3. The summed E-state index contributed by atoms with van der Waals surface area (Å²) in [5.74, 6) is 0. The standard InChI is InChI=1S/C4H6N2O2/c5-1-4(2-7)6-3-8/h1-3H,5H2,(H,6,8)/b4-1+. The third-order valence-corrected chi connectivity index (χ3v) is 0.532. The first-order valence-corrected chi connectivity index (χ1v) is 1.92. The minimum absolute atomic E-state index is 0.0694. The second-order valence-electron chi connectivity index (χ2n) is 1.00. The highest BCUT2D eigenvalue weighted by molar-refractivity contribution is 5.76. The maximum atomic E-state index is 9.76. The minimum Gasteiger partial charge on any atom is -0.403 e. The molecular formula is C4H6N2O2. The van der Waals surface area contributed by atoms with E-state index in [1.807, 2.05) is 0 Å². The lowest BCUT2D eigenvalue weighted by atomic mass is 10.5. The molecular weight excluding hydrogens is 108 g/mol. The zero-order valence-electron chi connectivity index (χ0n) is 4.13. The molecule has 0 radical (unpaired) electrons. The first kappa shape index (κ1) is 6.68. The Labute approximate surface area is 46.4 Å². The number of nitrogens with one attached hydrogen (secondary N) is 1. The molecule has 0 saturated heterocycles. The average Bonchev–Trinajstić information content (AvgIpc) is 1.83. The van der Waals surface area contributed by atoms with Crippen molar-refractivity contribution in [3.8, 4) is 0 Å². The summed E-state index contributed by atoms with van der Waals surface area (Å²) in [7, 11) is 0. The molecule has 3 N–H and O–H groups in total. The Hall–Kier alpha value is -1.32. The molecule has 0 unspecified atom stereocenters. The van der Waals surface area contributed by atoms with Crippen LogP contribution in [0.15, 0.2) is 11.9 Å². The van der Waals surface area contributed by atoms with Crippen molar-refractivity contribution in [1.29, 1.82) is 0 Å². The largest absolute Gasteiger partial charge is 0.403 e. The highest BCUT2D eigenvalue weighted by Crippen LogP contribution is 1.71. The van der Waals surface area contributed by atoms with Gasteiger partial charge in [0.15, 0.2) is 6.29 Å². The molecule has 0 aromatic rings. The van der Waals surface area contributed by atoms with Gasteiger partial charge in [-0.15, -0.1) is 0 Å². The van der Waals surface area contributed by atoms with Crippen LogP contribution >= 0.6 is 0 Å². The van der Waals surface area contributed by atoms with Crippen molar-refractivity contribution < 1.29 is 9.59 Å².